The van der Waals surface area contributed by atoms with Crippen LogP contribution in [0.4, 0.5) is 0 Å². The fourth-order valence-corrected chi connectivity index (χ4v) is 9.04. The van der Waals surface area contributed by atoms with Gasteiger partial charge in [0.05, 0.1) is 22.1 Å². The van der Waals surface area contributed by atoms with Gasteiger partial charge in [-0.15, -0.1) is 0 Å². The van der Waals surface area contributed by atoms with E-state index >= 15 is 0 Å². The van der Waals surface area contributed by atoms with Crippen molar-refractivity contribution < 1.29 is 0 Å². The van der Waals surface area contributed by atoms with Gasteiger partial charge < -0.3 is 9.13 Å². The van der Waals surface area contributed by atoms with Crippen LogP contribution in [-0.2, 0) is 0 Å². The lowest BCUT2D eigenvalue weighted by Gasteiger charge is -2.12. The van der Waals surface area contributed by atoms with Crippen molar-refractivity contribution in [2.45, 2.75) is 0 Å². The average molecular weight is 792 g/mol. The Labute approximate surface area is 358 Å². The summed E-state index contributed by atoms with van der Waals surface area (Å²) in [7, 11) is 0. The summed E-state index contributed by atoms with van der Waals surface area (Å²) >= 11 is 0. The maximum Gasteiger partial charge on any atom is 0.164 e. The van der Waals surface area contributed by atoms with E-state index in [1.165, 1.54) is 49.2 Å². The van der Waals surface area contributed by atoms with Gasteiger partial charge in [0.1, 0.15) is 0 Å². The van der Waals surface area contributed by atoms with E-state index in [9.17, 15) is 0 Å². The molecule has 0 spiro atoms. The molecule has 0 aliphatic carbocycles. The van der Waals surface area contributed by atoms with Crippen molar-refractivity contribution in [2.24, 2.45) is 0 Å². The molecule has 12 rings (SSSR count). The second-order valence-corrected chi connectivity index (χ2v) is 15.7. The molecule has 3 aromatic heterocycles. The Morgan fingerprint density at radius 2 is 0.597 bits per heavy atom. The summed E-state index contributed by atoms with van der Waals surface area (Å²) in [5.74, 6) is 1.93. The molecule has 0 radical (unpaired) electrons. The van der Waals surface area contributed by atoms with E-state index in [0.717, 1.165) is 44.7 Å². The van der Waals surface area contributed by atoms with Gasteiger partial charge in [0.2, 0.25) is 0 Å². The Bertz CT molecular complexity index is 3570. The van der Waals surface area contributed by atoms with Crippen molar-refractivity contribution in [2.75, 3.05) is 0 Å². The topological polar surface area (TPSA) is 48.5 Å². The fraction of sp³-hybridized carbons (Fsp3) is 0. The van der Waals surface area contributed by atoms with E-state index in [0.29, 0.717) is 17.5 Å². The molecule has 0 aliphatic heterocycles. The molecule has 9 aromatic carbocycles. The summed E-state index contributed by atoms with van der Waals surface area (Å²) in [4.78, 5) is 14.9. The first kappa shape index (κ1) is 35.5. The normalized spacial score (nSPS) is 11.5. The van der Waals surface area contributed by atoms with Crippen molar-refractivity contribution in [3.05, 3.63) is 224 Å². The minimum atomic E-state index is 0.634. The van der Waals surface area contributed by atoms with Gasteiger partial charge in [-0.2, -0.15) is 0 Å². The van der Waals surface area contributed by atoms with Crippen molar-refractivity contribution in [1.29, 1.82) is 0 Å². The van der Waals surface area contributed by atoms with Crippen molar-refractivity contribution in [3.63, 3.8) is 0 Å². The molecular weight excluding hydrogens is 755 g/mol. The van der Waals surface area contributed by atoms with Gasteiger partial charge in [-0.3, -0.25) is 0 Å². The Morgan fingerprint density at radius 1 is 0.226 bits per heavy atom. The van der Waals surface area contributed by atoms with Gasteiger partial charge in [0.25, 0.3) is 0 Å². The largest absolute Gasteiger partial charge is 0.309 e. The molecule has 0 N–H and O–H groups in total. The molecule has 0 unspecified atom stereocenters. The van der Waals surface area contributed by atoms with Crippen LogP contribution in [0.15, 0.2) is 224 Å². The Morgan fingerprint density at radius 3 is 1.16 bits per heavy atom. The Balaban J connectivity index is 0.945. The molecule has 12 aromatic rings. The molecule has 0 saturated heterocycles. The first-order chi connectivity index (χ1) is 30.7. The molecular formula is C57H37N5. The average Bonchev–Trinajstić information content (AvgIpc) is 3.87. The second kappa shape index (κ2) is 14.7. The van der Waals surface area contributed by atoms with Gasteiger partial charge in [-0.25, -0.2) is 15.0 Å². The van der Waals surface area contributed by atoms with Crippen molar-refractivity contribution >= 4 is 43.6 Å². The van der Waals surface area contributed by atoms with Crippen LogP contribution in [0.3, 0.4) is 0 Å². The van der Waals surface area contributed by atoms with E-state index < -0.39 is 0 Å². The van der Waals surface area contributed by atoms with Crippen LogP contribution < -0.4 is 0 Å². The summed E-state index contributed by atoms with van der Waals surface area (Å²) in [5.41, 5.74) is 14.4. The SMILES string of the molecule is c1ccc(-c2nc(-c3ccccc3)nc(-c3cccc(-c4cccc(-n5c6ccccc6c6cc(-c7ccc8c(c7)c7ccccc7n8-c7ccccc7)ccc65)c4)c3)n2)cc1. The lowest BCUT2D eigenvalue weighted by molar-refractivity contribution is 1.07. The fourth-order valence-electron chi connectivity index (χ4n) is 9.04. The van der Waals surface area contributed by atoms with Crippen LogP contribution in [-0.4, -0.2) is 24.1 Å². The summed E-state index contributed by atoms with van der Waals surface area (Å²) in [5, 5.41) is 4.93. The third-order valence-electron chi connectivity index (χ3n) is 12.0. The van der Waals surface area contributed by atoms with E-state index in [1.807, 2.05) is 60.7 Å². The highest BCUT2D eigenvalue weighted by molar-refractivity contribution is 6.12. The summed E-state index contributed by atoms with van der Waals surface area (Å²) in [6.45, 7) is 0. The third kappa shape index (κ3) is 6.06. The van der Waals surface area contributed by atoms with Crippen LogP contribution in [0.2, 0.25) is 0 Å². The summed E-state index contributed by atoms with van der Waals surface area (Å²) in [6.07, 6.45) is 0. The lowest BCUT2D eigenvalue weighted by atomic mass is 10.0. The van der Waals surface area contributed by atoms with Crippen LogP contribution in [0.25, 0.3) is 111 Å². The molecule has 5 heteroatoms. The zero-order valence-electron chi connectivity index (χ0n) is 33.6. The quantitative estimate of drug-likeness (QED) is 0.162. The minimum Gasteiger partial charge on any atom is -0.309 e. The third-order valence-corrected chi connectivity index (χ3v) is 12.0. The van der Waals surface area contributed by atoms with Gasteiger partial charge >= 0.3 is 0 Å². The molecule has 0 bridgehead atoms. The predicted octanol–water partition coefficient (Wildman–Crippen LogP) is 14.4. The molecule has 5 nitrogen and oxygen atoms in total. The molecule has 290 valence electrons. The number of hydrogen-bond donors (Lipinski definition) is 0. The van der Waals surface area contributed by atoms with E-state index in [-0.39, 0.29) is 0 Å². The maximum absolute atomic E-state index is 5.00. The Hall–Kier alpha value is -8.41. The van der Waals surface area contributed by atoms with Crippen LogP contribution in [0.1, 0.15) is 0 Å². The summed E-state index contributed by atoms with van der Waals surface area (Å²) < 4.78 is 4.76. The van der Waals surface area contributed by atoms with Gasteiger partial charge in [-0.1, -0.05) is 158 Å². The smallest absolute Gasteiger partial charge is 0.164 e. The van der Waals surface area contributed by atoms with Crippen molar-refractivity contribution in [3.8, 4) is 67.8 Å². The van der Waals surface area contributed by atoms with E-state index in [4.69, 9.17) is 15.0 Å². The zero-order chi connectivity index (χ0) is 41.0. The highest BCUT2D eigenvalue weighted by Crippen LogP contribution is 2.39. The van der Waals surface area contributed by atoms with Gasteiger partial charge in [0.15, 0.2) is 17.5 Å². The second-order valence-electron chi connectivity index (χ2n) is 15.7. The predicted molar refractivity (Wildman–Crippen MR) is 256 cm³/mol. The van der Waals surface area contributed by atoms with E-state index in [1.54, 1.807) is 0 Å². The first-order valence-corrected chi connectivity index (χ1v) is 20.9. The van der Waals surface area contributed by atoms with E-state index in [2.05, 4.69) is 173 Å². The van der Waals surface area contributed by atoms with Crippen LogP contribution in [0, 0.1) is 0 Å². The number of fused-ring (bicyclic) bond motifs is 6. The molecule has 0 atom stereocenters. The first-order valence-electron chi connectivity index (χ1n) is 20.9. The number of para-hydroxylation sites is 3. The number of aromatic nitrogens is 5. The minimum absolute atomic E-state index is 0.634. The molecule has 0 saturated carbocycles. The molecule has 62 heavy (non-hydrogen) atoms. The van der Waals surface area contributed by atoms with Crippen LogP contribution in [0.5, 0.6) is 0 Å². The highest BCUT2D eigenvalue weighted by atomic mass is 15.0. The molecule has 3 heterocycles. The zero-order valence-corrected chi connectivity index (χ0v) is 33.6. The monoisotopic (exact) mass is 791 g/mol. The number of benzene rings is 9. The van der Waals surface area contributed by atoms with Gasteiger partial charge in [-0.05, 0) is 89.0 Å². The number of hydrogen-bond acceptors (Lipinski definition) is 3. The lowest BCUT2D eigenvalue weighted by Crippen LogP contribution is -2.00. The molecule has 0 fully saturated rings. The highest BCUT2D eigenvalue weighted by Gasteiger charge is 2.17. The summed E-state index contributed by atoms with van der Waals surface area (Å²) in [6, 6.07) is 79.4. The van der Waals surface area contributed by atoms with Gasteiger partial charge in [0, 0.05) is 49.6 Å². The molecule has 0 aliphatic rings. The standard InChI is InChI=1S/C57H37N5/c1-4-16-38(17-5-1)55-58-56(39-18-6-2-7-19-39)60-57(59-55)44-22-14-20-40(34-44)41-21-15-25-46(35-41)62-52-29-13-11-27-48(52)50-37-43(31-33-54(50)62)42-30-32-53-49(36-42)47-26-10-12-28-51(47)61(53)45-23-8-3-9-24-45/h1-37H. The number of nitrogens with zero attached hydrogens (tertiary/aromatic N) is 5. The maximum atomic E-state index is 5.00. The van der Waals surface area contributed by atoms with Crippen LogP contribution >= 0.6 is 0 Å². The molecule has 0 amide bonds. The van der Waals surface area contributed by atoms with Crippen molar-refractivity contribution in [1.82, 2.24) is 24.1 Å². The Kier molecular flexibility index (Phi) is 8.42. The number of rotatable bonds is 7.